The van der Waals surface area contributed by atoms with Crippen molar-refractivity contribution in [1.82, 2.24) is 9.78 Å². The lowest BCUT2D eigenvalue weighted by Gasteiger charge is -2.19. The average Bonchev–Trinajstić information content (AvgIpc) is 2.69. The van der Waals surface area contributed by atoms with Gasteiger partial charge in [-0.05, 0) is 30.0 Å². The fraction of sp³-hybridized carbons (Fsp3) is 0.375. The molecule has 0 aliphatic carbocycles. The molecule has 4 heteroatoms. The predicted octanol–water partition coefficient (Wildman–Crippen LogP) is 3.28. The monoisotopic (exact) mass is 271 g/mol. The smallest absolute Gasteiger partial charge is 0.259 e. The summed E-state index contributed by atoms with van der Waals surface area (Å²) in [6.45, 7) is 8.38. The molecule has 1 aromatic heterocycles. The first-order valence-corrected chi connectivity index (χ1v) is 6.69. The Labute approximate surface area is 119 Å². The van der Waals surface area contributed by atoms with E-state index in [1.54, 1.807) is 10.9 Å². The predicted molar refractivity (Wildman–Crippen MR) is 81.0 cm³/mol. The number of carbonyl (C=O) groups excluding carboxylic acids is 1. The van der Waals surface area contributed by atoms with Gasteiger partial charge in [0, 0.05) is 18.4 Å². The number of nitrogens with zero attached hydrogens (tertiary/aromatic N) is 2. The second-order valence-electron chi connectivity index (χ2n) is 6.05. The molecular formula is C16H21N3O. The number of carbonyl (C=O) groups is 1. The molecular weight excluding hydrogens is 250 g/mol. The Bertz CT molecular complexity index is 618. The molecule has 0 atom stereocenters. The van der Waals surface area contributed by atoms with Gasteiger partial charge in [0.1, 0.15) is 0 Å². The molecule has 1 amide bonds. The molecule has 1 N–H and O–H groups in total. The molecule has 0 radical (unpaired) electrons. The molecule has 20 heavy (non-hydrogen) atoms. The number of anilines is 1. The first-order valence-electron chi connectivity index (χ1n) is 6.69. The van der Waals surface area contributed by atoms with Crippen molar-refractivity contribution >= 4 is 11.6 Å². The van der Waals surface area contributed by atoms with Gasteiger partial charge < -0.3 is 5.32 Å². The van der Waals surface area contributed by atoms with Gasteiger partial charge in [-0.1, -0.05) is 32.9 Å². The Hall–Kier alpha value is -2.10. The highest BCUT2D eigenvalue weighted by Gasteiger charge is 2.15. The van der Waals surface area contributed by atoms with Crippen LogP contribution in [0.15, 0.2) is 30.5 Å². The third-order valence-corrected chi connectivity index (χ3v) is 3.49. The quantitative estimate of drug-likeness (QED) is 0.911. The highest BCUT2D eigenvalue weighted by Crippen LogP contribution is 2.23. The molecule has 0 fully saturated rings. The topological polar surface area (TPSA) is 46.9 Å². The molecule has 2 rings (SSSR count). The number of hydrogen-bond acceptors (Lipinski definition) is 2. The van der Waals surface area contributed by atoms with Crippen LogP contribution in [-0.4, -0.2) is 15.7 Å². The van der Waals surface area contributed by atoms with Gasteiger partial charge >= 0.3 is 0 Å². The number of rotatable bonds is 2. The van der Waals surface area contributed by atoms with Gasteiger partial charge in [0.25, 0.3) is 5.91 Å². The summed E-state index contributed by atoms with van der Waals surface area (Å²) in [6, 6.07) is 7.96. The second-order valence-corrected chi connectivity index (χ2v) is 6.05. The van der Waals surface area contributed by atoms with E-state index in [0.717, 1.165) is 11.4 Å². The van der Waals surface area contributed by atoms with Gasteiger partial charge in [-0.25, -0.2) is 0 Å². The Morgan fingerprint density at radius 2 is 1.80 bits per heavy atom. The van der Waals surface area contributed by atoms with Crippen LogP contribution in [0.1, 0.15) is 42.4 Å². The zero-order valence-corrected chi connectivity index (χ0v) is 12.7. The van der Waals surface area contributed by atoms with E-state index in [4.69, 9.17) is 0 Å². The van der Waals surface area contributed by atoms with Crippen LogP contribution in [0.4, 0.5) is 5.69 Å². The first-order chi connectivity index (χ1) is 9.29. The van der Waals surface area contributed by atoms with Crippen LogP contribution in [0.25, 0.3) is 0 Å². The standard InChI is InChI=1S/C16H21N3O/c1-11-14(10-17-19(11)5)15(20)18-13-8-6-12(7-9-13)16(2,3)4/h6-10H,1-5H3,(H,18,20). The molecule has 0 spiro atoms. The lowest BCUT2D eigenvalue weighted by Crippen LogP contribution is -2.14. The number of benzene rings is 1. The highest BCUT2D eigenvalue weighted by atomic mass is 16.1. The molecule has 4 nitrogen and oxygen atoms in total. The SMILES string of the molecule is Cc1c(C(=O)Nc2ccc(C(C)(C)C)cc2)cnn1C. The normalized spacial score (nSPS) is 11.4. The summed E-state index contributed by atoms with van der Waals surface area (Å²) in [5, 5.41) is 6.98. The van der Waals surface area contributed by atoms with Crippen LogP contribution in [0.5, 0.6) is 0 Å². The number of nitrogens with one attached hydrogen (secondary N) is 1. The summed E-state index contributed by atoms with van der Waals surface area (Å²) < 4.78 is 1.69. The molecule has 1 aromatic carbocycles. The van der Waals surface area contributed by atoms with Crippen LogP contribution in [-0.2, 0) is 12.5 Å². The highest BCUT2D eigenvalue weighted by molar-refractivity contribution is 6.04. The minimum Gasteiger partial charge on any atom is -0.322 e. The van der Waals surface area contributed by atoms with Gasteiger partial charge in [0.2, 0.25) is 0 Å². The van der Waals surface area contributed by atoms with Crippen molar-refractivity contribution in [3.8, 4) is 0 Å². The fourth-order valence-electron chi connectivity index (χ4n) is 1.97. The van der Waals surface area contributed by atoms with E-state index in [9.17, 15) is 4.79 Å². The van der Waals surface area contributed by atoms with Crippen molar-refractivity contribution in [3.63, 3.8) is 0 Å². The molecule has 0 unspecified atom stereocenters. The summed E-state index contributed by atoms with van der Waals surface area (Å²) in [5.74, 6) is -0.126. The largest absolute Gasteiger partial charge is 0.322 e. The van der Waals surface area contributed by atoms with Crippen molar-refractivity contribution in [3.05, 3.63) is 47.3 Å². The van der Waals surface area contributed by atoms with Crippen molar-refractivity contribution in [2.45, 2.75) is 33.1 Å². The van der Waals surface area contributed by atoms with Crippen LogP contribution in [0, 0.1) is 6.92 Å². The van der Waals surface area contributed by atoms with E-state index in [1.165, 1.54) is 5.56 Å². The number of hydrogen-bond donors (Lipinski definition) is 1. The lowest BCUT2D eigenvalue weighted by molar-refractivity contribution is 0.102. The first kappa shape index (κ1) is 14.3. The summed E-state index contributed by atoms with van der Waals surface area (Å²) >= 11 is 0. The lowest BCUT2D eigenvalue weighted by atomic mass is 9.87. The molecule has 1 heterocycles. The Morgan fingerprint density at radius 3 is 2.25 bits per heavy atom. The van der Waals surface area contributed by atoms with Gasteiger partial charge in [-0.3, -0.25) is 9.48 Å². The van der Waals surface area contributed by atoms with Crippen molar-refractivity contribution in [2.24, 2.45) is 7.05 Å². The maximum atomic E-state index is 12.2. The van der Waals surface area contributed by atoms with Crippen LogP contribution < -0.4 is 5.32 Å². The minimum atomic E-state index is -0.126. The minimum absolute atomic E-state index is 0.114. The zero-order valence-electron chi connectivity index (χ0n) is 12.7. The maximum Gasteiger partial charge on any atom is 0.259 e. The van der Waals surface area contributed by atoms with E-state index in [2.05, 4.69) is 31.2 Å². The summed E-state index contributed by atoms with van der Waals surface area (Å²) in [7, 11) is 1.82. The number of aryl methyl sites for hydroxylation is 1. The molecule has 0 saturated heterocycles. The van der Waals surface area contributed by atoms with E-state index in [1.807, 2.05) is 38.2 Å². The third-order valence-electron chi connectivity index (χ3n) is 3.49. The van der Waals surface area contributed by atoms with E-state index < -0.39 is 0 Å². The summed E-state index contributed by atoms with van der Waals surface area (Å²) in [5.41, 5.74) is 3.61. The fourth-order valence-corrected chi connectivity index (χ4v) is 1.97. The van der Waals surface area contributed by atoms with Gasteiger partial charge in [0.15, 0.2) is 0 Å². The van der Waals surface area contributed by atoms with Crippen LogP contribution in [0.3, 0.4) is 0 Å². The van der Waals surface area contributed by atoms with Crippen LogP contribution >= 0.6 is 0 Å². The molecule has 0 aliphatic heterocycles. The van der Waals surface area contributed by atoms with Crippen molar-refractivity contribution < 1.29 is 4.79 Å². The second kappa shape index (κ2) is 5.12. The number of aromatic nitrogens is 2. The van der Waals surface area contributed by atoms with Crippen molar-refractivity contribution in [2.75, 3.05) is 5.32 Å². The van der Waals surface area contributed by atoms with Crippen LogP contribution in [0.2, 0.25) is 0 Å². The van der Waals surface area contributed by atoms with Gasteiger partial charge in [-0.2, -0.15) is 5.10 Å². The molecule has 0 bridgehead atoms. The molecule has 0 saturated carbocycles. The average molecular weight is 271 g/mol. The summed E-state index contributed by atoms with van der Waals surface area (Å²) in [4.78, 5) is 12.2. The number of amides is 1. The van der Waals surface area contributed by atoms with Crippen molar-refractivity contribution in [1.29, 1.82) is 0 Å². The summed E-state index contributed by atoms with van der Waals surface area (Å²) in [6.07, 6.45) is 1.59. The molecule has 2 aromatic rings. The van der Waals surface area contributed by atoms with Gasteiger partial charge in [-0.15, -0.1) is 0 Å². The zero-order chi connectivity index (χ0) is 14.9. The Morgan fingerprint density at radius 1 is 1.20 bits per heavy atom. The Balaban J connectivity index is 2.15. The molecule has 0 aliphatic rings. The Kier molecular flexibility index (Phi) is 3.66. The van der Waals surface area contributed by atoms with E-state index in [0.29, 0.717) is 5.56 Å². The third kappa shape index (κ3) is 2.90. The molecule has 106 valence electrons. The maximum absolute atomic E-state index is 12.2. The van der Waals surface area contributed by atoms with E-state index in [-0.39, 0.29) is 11.3 Å². The van der Waals surface area contributed by atoms with E-state index >= 15 is 0 Å². The van der Waals surface area contributed by atoms with Gasteiger partial charge in [0.05, 0.1) is 11.8 Å².